The second-order valence-electron chi connectivity index (χ2n) is 8.11. The minimum absolute atomic E-state index is 0.328. The monoisotopic (exact) mass is 350 g/mol. The lowest BCUT2D eigenvalue weighted by atomic mass is 9.89. The number of carbonyl (C=O) groups is 1. The standard InChI is InChI=1S/C23H30N2O/c1-17-6-11-21(18(2)15-17)19-7-9-20(10-8-19)22(26)16-25-14-4-13-24-12-3-5-23(24)25/h6-7,9,11,15,23H,3-5,8,10,12-14,16H2,1-2H3. The van der Waals surface area contributed by atoms with Crippen molar-refractivity contribution in [3.8, 4) is 0 Å². The van der Waals surface area contributed by atoms with E-state index in [0.29, 0.717) is 18.5 Å². The first kappa shape index (κ1) is 17.7. The molecule has 26 heavy (non-hydrogen) atoms. The predicted molar refractivity (Wildman–Crippen MR) is 107 cm³/mol. The number of hydrogen-bond acceptors (Lipinski definition) is 3. The Morgan fingerprint density at radius 2 is 1.92 bits per heavy atom. The van der Waals surface area contributed by atoms with E-state index < -0.39 is 0 Å². The Kier molecular flexibility index (Phi) is 5.10. The van der Waals surface area contributed by atoms with Gasteiger partial charge in [-0.05, 0) is 74.8 Å². The van der Waals surface area contributed by atoms with Crippen LogP contribution >= 0.6 is 0 Å². The van der Waals surface area contributed by atoms with Gasteiger partial charge in [-0.1, -0.05) is 35.9 Å². The first-order valence-corrected chi connectivity index (χ1v) is 10.1. The average molecular weight is 351 g/mol. The molecule has 2 fully saturated rings. The summed E-state index contributed by atoms with van der Waals surface area (Å²) in [5.74, 6) is 0.328. The quantitative estimate of drug-likeness (QED) is 0.817. The van der Waals surface area contributed by atoms with Crippen LogP contribution in [0.25, 0.3) is 5.57 Å². The van der Waals surface area contributed by atoms with Crippen molar-refractivity contribution < 1.29 is 4.79 Å². The smallest absolute Gasteiger partial charge is 0.172 e. The third kappa shape index (κ3) is 3.56. The van der Waals surface area contributed by atoms with E-state index in [1.165, 1.54) is 54.6 Å². The van der Waals surface area contributed by atoms with E-state index in [1.807, 2.05) is 0 Å². The predicted octanol–water partition coefficient (Wildman–Crippen LogP) is 4.10. The highest BCUT2D eigenvalue weighted by Gasteiger charge is 2.34. The minimum atomic E-state index is 0.328. The molecular formula is C23H30N2O. The summed E-state index contributed by atoms with van der Waals surface area (Å²) in [6.45, 7) is 8.40. The molecule has 0 radical (unpaired) electrons. The molecule has 2 aliphatic heterocycles. The topological polar surface area (TPSA) is 23.6 Å². The summed E-state index contributed by atoms with van der Waals surface area (Å²) in [5, 5.41) is 0. The van der Waals surface area contributed by atoms with Gasteiger partial charge >= 0.3 is 0 Å². The number of benzene rings is 1. The van der Waals surface area contributed by atoms with Gasteiger partial charge in [0.1, 0.15) is 0 Å². The lowest BCUT2D eigenvalue weighted by Crippen LogP contribution is -2.52. The highest BCUT2D eigenvalue weighted by Crippen LogP contribution is 2.30. The Morgan fingerprint density at radius 3 is 2.69 bits per heavy atom. The van der Waals surface area contributed by atoms with Gasteiger partial charge in [0.25, 0.3) is 0 Å². The normalized spacial score (nSPS) is 24.2. The summed E-state index contributed by atoms with van der Waals surface area (Å²) >= 11 is 0. The van der Waals surface area contributed by atoms with Crippen molar-refractivity contribution in [2.45, 2.75) is 52.1 Å². The molecule has 1 atom stereocenters. The molecule has 2 heterocycles. The number of fused-ring (bicyclic) bond motifs is 1. The SMILES string of the molecule is Cc1ccc(C2=CC=C(C(=O)CN3CCCN4CCCC43)CC2)c(C)c1. The maximum Gasteiger partial charge on any atom is 0.172 e. The fraction of sp³-hybridized carbons (Fsp3) is 0.522. The zero-order valence-corrected chi connectivity index (χ0v) is 16.1. The summed E-state index contributed by atoms with van der Waals surface area (Å²) in [5.41, 5.74) is 6.33. The van der Waals surface area contributed by atoms with Gasteiger partial charge in [0.15, 0.2) is 5.78 Å². The molecule has 0 spiro atoms. The molecule has 3 nitrogen and oxygen atoms in total. The van der Waals surface area contributed by atoms with E-state index in [2.05, 4.69) is 54.0 Å². The van der Waals surface area contributed by atoms with Crippen LogP contribution in [0.15, 0.2) is 35.9 Å². The molecule has 3 aliphatic rings. The Bertz CT molecular complexity index is 761. The average Bonchev–Trinajstić information content (AvgIpc) is 3.12. The van der Waals surface area contributed by atoms with Gasteiger partial charge in [-0.2, -0.15) is 0 Å². The van der Waals surface area contributed by atoms with Crippen LogP contribution in [0.2, 0.25) is 0 Å². The molecule has 0 saturated carbocycles. The fourth-order valence-electron chi connectivity index (χ4n) is 4.85. The molecule has 1 unspecified atom stereocenters. The molecule has 3 heteroatoms. The number of nitrogens with zero attached hydrogens (tertiary/aromatic N) is 2. The van der Waals surface area contributed by atoms with Gasteiger partial charge in [0, 0.05) is 13.1 Å². The highest BCUT2D eigenvalue weighted by atomic mass is 16.1. The van der Waals surface area contributed by atoms with Gasteiger partial charge in [-0.25, -0.2) is 0 Å². The number of Topliss-reactive ketones (excluding diaryl/α,β-unsaturated/α-hetero) is 1. The molecule has 0 bridgehead atoms. The third-order valence-corrected chi connectivity index (χ3v) is 6.22. The van der Waals surface area contributed by atoms with E-state index in [9.17, 15) is 4.79 Å². The van der Waals surface area contributed by atoms with Crippen LogP contribution in [0, 0.1) is 13.8 Å². The molecule has 0 amide bonds. The largest absolute Gasteiger partial charge is 0.293 e. The fourth-order valence-corrected chi connectivity index (χ4v) is 4.85. The number of ketones is 1. The summed E-state index contributed by atoms with van der Waals surface area (Å²) in [4.78, 5) is 17.8. The zero-order chi connectivity index (χ0) is 18.1. The van der Waals surface area contributed by atoms with Crippen molar-refractivity contribution in [2.24, 2.45) is 0 Å². The van der Waals surface area contributed by atoms with E-state index in [0.717, 1.165) is 25.0 Å². The van der Waals surface area contributed by atoms with E-state index in [-0.39, 0.29) is 0 Å². The lowest BCUT2D eigenvalue weighted by molar-refractivity contribution is -0.119. The molecule has 1 aliphatic carbocycles. The van der Waals surface area contributed by atoms with Gasteiger partial charge in [-0.3, -0.25) is 14.6 Å². The minimum Gasteiger partial charge on any atom is -0.293 e. The molecular weight excluding hydrogens is 320 g/mol. The first-order chi connectivity index (χ1) is 12.6. The summed E-state index contributed by atoms with van der Waals surface area (Å²) in [6, 6.07) is 6.64. The highest BCUT2D eigenvalue weighted by molar-refractivity contribution is 5.98. The maximum atomic E-state index is 12.9. The number of allylic oxidation sites excluding steroid dienone is 3. The molecule has 1 aromatic carbocycles. The van der Waals surface area contributed by atoms with Crippen LogP contribution in [-0.4, -0.2) is 47.9 Å². The van der Waals surface area contributed by atoms with Crippen LogP contribution in [-0.2, 0) is 4.79 Å². The molecule has 2 saturated heterocycles. The Morgan fingerprint density at radius 1 is 1.08 bits per heavy atom. The van der Waals surface area contributed by atoms with Crippen molar-refractivity contribution in [1.82, 2.24) is 9.80 Å². The Labute approximate surface area is 157 Å². The van der Waals surface area contributed by atoms with Crippen molar-refractivity contribution in [2.75, 3.05) is 26.2 Å². The van der Waals surface area contributed by atoms with E-state index >= 15 is 0 Å². The van der Waals surface area contributed by atoms with Crippen LogP contribution in [0.1, 0.15) is 48.8 Å². The third-order valence-electron chi connectivity index (χ3n) is 6.22. The summed E-state index contributed by atoms with van der Waals surface area (Å²) in [7, 11) is 0. The van der Waals surface area contributed by atoms with Crippen molar-refractivity contribution in [3.63, 3.8) is 0 Å². The number of hydrogen-bond donors (Lipinski definition) is 0. The van der Waals surface area contributed by atoms with Crippen molar-refractivity contribution in [1.29, 1.82) is 0 Å². The van der Waals surface area contributed by atoms with Crippen molar-refractivity contribution in [3.05, 3.63) is 52.6 Å². The van der Waals surface area contributed by atoms with E-state index in [1.54, 1.807) is 0 Å². The molecule has 1 aromatic rings. The Balaban J connectivity index is 1.44. The van der Waals surface area contributed by atoms with Crippen LogP contribution in [0.3, 0.4) is 0 Å². The summed E-state index contributed by atoms with van der Waals surface area (Å²) in [6.07, 6.45) is 10.3. The lowest BCUT2D eigenvalue weighted by Gasteiger charge is -2.39. The van der Waals surface area contributed by atoms with Crippen LogP contribution in [0.5, 0.6) is 0 Å². The van der Waals surface area contributed by atoms with Gasteiger partial charge in [-0.15, -0.1) is 0 Å². The zero-order valence-electron chi connectivity index (χ0n) is 16.1. The first-order valence-electron chi connectivity index (χ1n) is 10.1. The molecule has 0 N–H and O–H groups in total. The summed E-state index contributed by atoms with van der Waals surface area (Å²) < 4.78 is 0. The van der Waals surface area contributed by atoms with Crippen LogP contribution in [0.4, 0.5) is 0 Å². The van der Waals surface area contributed by atoms with E-state index in [4.69, 9.17) is 0 Å². The second-order valence-corrected chi connectivity index (χ2v) is 8.11. The molecule has 4 rings (SSSR count). The van der Waals surface area contributed by atoms with Gasteiger partial charge in [0.05, 0.1) is 12.7 Å². The van der Waals surface area contributed by atoms with Gasteiger partial charge in [0.2, 0.25) is 0 Å². The molecule has 0 aromatic heterocycles. The molecule has 138 valence electrons. The number of rotatable bonds is 4. The second kappa shape index (κ2) is 7.50. The van der Waals surface area contributed by atoms with Gasteiger partial charge < -0.3 is 0 Å². The maximum absolute atomic E-state index is 12.9. The Hall–Kier alpha value is -1.71. The number of aryl methyl sites for hydroxylation is 2. The van der Waals surface area contributed by atoms with Crippen molar-refractivity contribution >= 4 is 11.4 Å². The van der Waals surface area contributed by atoms with Crippen LogP contribution < -0.4 is 0 Å². The number of carbonyl (C=O) groups excluding carboxylic acids is 1.